The van der Waals surface area contributed by atoms with Gasteiger partial charge in [0, 0.05) is 11.8 Å². The number of alkyl halides is 3. The predicted octanol–water partition coefficient (Wildman–Crippen LogP) is 3.22. The predicted molar refractivity (Wildman–Crippen MR) is 72.3 cm³/mol. The van der Waals surface area contributed by atoms with Gasteiger partial charge in [-0.15, -0.1) is 0 Å². The second-order valence-corrected chi connectivity index (χ2v) is 4.08. The van der Waals surface area contributed by atoms with Crippen molar-refractivity contribution in [2.45, 2.75) is 13.1 Å². The summed E-state index contributed by atoms with van der Waals surface area (Å²) in [5.41, 5.74) is 5.92. The highest BCUT2D eigenvalue weighted by Gasteiger charge is 2.35. The first-order valence-electron chi connectivity index (χ1n) is 6.10. The van der Waals surface area contributed by atoms with Crippen molar-refractivity contribution in [3.05, 3.63) is 36.2 Å². The molecule has 112 valence electrons. The van der Waals surface area contributed by atoms with Gasteiger partial charge in [0.2, 0.25) is 5.82 Å². The quantitative estimate of drug-likeness (QED) is 0.906. The van der Waals surface area contributed by atoms with Crippen molar-refractivity contribution in [3.8, 4) is 5.75 Å². The van der Waals surface area contributed by atoms with Gasteiger partial charge in [-0.3, -0.25) is 0 Å². The summed E-state index contributed by atoms with van der Waals surface area (Å²) in [5, 5.41) is 2.74. The molecule has 1 heterocycles. The Balaban J connectivity index is 2.21. The largest absolute Gasteiger partial charge is 0.494 e. The van der Waals surface area contributed by atoms with Crippen molar-refractivity contribution in [1.29, 1.82) is 0 Å². The second-order valence-electron chi connectivity index (χ2n) is 4.08. The van der Waals surface area contributed by atoms with Gasteiger partial charge in [-0.1, -0.05) is 0 Å². The highest BCUT2D eigenvalue weighted by molar-refractivity contribution is 5.59. The molecule has 2 rings (SSSR count). The minimum absolute atomic E-state index is 0.0287. The normalized spacial score (nSPS) is 11.2. The van der Waals surface area contributed by atoms with Crippen molar-refractivity contribution in [2.75, 3.05) is 17.7 Å². The fraction of sp³-hybridized carbons (Fsp3) is 0.231. The van der Waals surface area contributed by atoms with Crippen molar-refractivity contribution in [2.24, 2.45) is 0 Å². The number of anilines is 3. The molecule has 0 saturated heterocycles. The number of aromatic nitrogens is 2. The third kappa shape index (κ3) is 3.98. The average Bonchev–Trinajstić information content (AvgIpc) is 2.40. The number of nitrogen functional groups attached to an aromatic ring is 1. The molecule has 21 heavy (non-hydrogen) atoms. The maximum absolute atomic E-state index is 12.6. The molecule has 0 saturated carbocycles. The number of nitrogens with zero attached hydrogens (tertiary/aromatic N) is 2. The van der Waals surface area contributed by atoms with Gasteiger partial charge in [0.05, 0.1) is 6.61 Å². The number of ether oxygens (including phenoxy) is 1. The van der Waals surface area contributed by atoms with Crippen LogP contribution in [-0.2, 0) is 6.18 Å². The summed E-state index contributed by atoms with van der Waals surface area (Å²) in [4.78, 5) is 6.57. The number of hydrogen-bond acceptors (Lipinski definition) is 5. The molecule has 0 aliphatic heterocycles. The maximum Gasteiger partial charge on any atom is 0.451 e. The summed E-state index contributed by atoms with van der Waals surface area (Å²) >= 11 is 0. The lowest BCUT2D eigenvalue weighted by atomic mass is 10.3. The first-order valence-corrected chi connectivity index (χ1v) is 6.10. The van der Waals surface area contributed by atoms with Crippen LogP contribution < -0.4 is 15.8 Å². The third-order valence-electron chi connectivity index (χ3n) is 2.44. The van der Waals surface area contributed by atoms with E-state index in [1.54, 1.807) is 24.3 Å². The lowest BCUT2D eigenvalue weighted by Crippen LogP contribution is -2.13. The molecule has 0 spiro atoms. The SMILES string of the molecule is CCOc1ccc(Nc2cc(N)nc(C(F)(F)F)n2)cc1. The van der Waals surface area contributed by atoms with Crippen LogP contribution in [0.25, 0.3) is 0 Å². The Morgan fingerprint density at radius 1 is 1.19 bits per heavy atom. The van der Waals surface area contributed by atoms with Crippen molar-refractivity contribution < 1.29 is 17.9 Å². The topological polar surface area (TPSA) is 73.1 Å². The highest BCUT2D eigenvalue weighted by Crippen LogP contribution is 2.28. The highest BCUT2D eigenvalue weighted by atomic mass is 19.4. The lowest BCUT2D eigenvalue weighted by molar-refractivity contribution is -0.144. The van der Waals surface area contributed by atoms with E-state index in [4.69, 9.17) is 10.5 Å². The molecule has 1 aromatic heterocycles. The van der Waals surface area contributed by atoms with E-state index >= 15 is 0 Å². The Morgan fingerprint density at radius 3 is 2.43 bits per heavy atom. The lowest BCUT2D eigenvalue weighted by Gasteiger charge is -2.10. The molecule has 0 atom stereocenters. The number of nitrogens with two attached hydrogens (primary N) is 1. The average molecular weight is 298 g/mol. The van der Waals surface area contributed by atoms with Gasteiger partial charge < -0.3 is 15.8 Å². The van der Waals surface area contributed by atoms with Gasteiger partial charge in [0.25, 0.3) is 0 Å². The molecule has 8 heteroatoms. The Kier molecular flexibility index (Phi) is 4.15. The molecule has 0 radical (unpaired) electrons. The molecule has 0 aliphatic rings. The summed E-state index contributed by atoms with van der Waals surface area (Å²) in [6.45, 7) is 2.39. The molecule has 5 nitrogen and oxygen atoms in total. The second kappa shape index (κ2) is 5.86. The molecule has 0 aliphatic carbocycles. The van der Waals surface area contributed by atoms with Gasteiger partial charge in [-0.25, -0.2) is 9.97 Å². The number of nitrogens with one attached hydrogen (secondary N) is 1. The van der Waals surface area contributed by atoms with E-state index in [9.17, 15) is 13.2 Å². The Labute approximate surface area is 119 Å². The van der Waals surface area contributed by atoms with Crippen LogP contribution in [0.1, 0.15) is 12.7 Å². The monoisotopic (exact) mass is 298 g/mol. The summed E-state index contributed by atoms with van der Waals surface area (Å²) in [6.07, 6.45) is -4.65. The molecule has 2 aromatic rings. The van der Waals surface area contributed by atoms with Gasteiger partial charge in [-0.05, 0) is 31.2 Å². The number of hydrogen-bond donors (Lipinski definition) is 2. The zero-order chi connectivity index (χ0) is 15.5. The van der Waals surface area contributed by atoms with Gasteiger partial charge in [0.1, 0.15) is 17.4 Å². The van der Waals surface area contributed by atoms with Crippen LogP contribution in [0, 0.1) is 0 Å². The van der Waals surface area contributed by atoms with Crippen molar-refractivity contribution in [1.82, 2.24) is 9.97 Å². The number of benzene rings is 1. The van der Waals surface area contributed by atoms with E-state index < -0.39 is 12.0 Å². The molecule has 0 amide bonds. The Bertz CT molecular complexity index is 614. The van der Waals surface area contributed by atoms with E-state index in [2.05, 4.69) is 15.3 Å². The maximum atomic E-state index is 12.6. The number of halogens is 3. The fourth-order valence-corrected chi connectivity index (χ4v) is 1.61. The zero-order valence-electron chi connectivity index (χ0n) is 11.1. The Hall–Kier alpha value is -2.51. The van der Waals surface area contributed by atoms with E-state index in [1.165, 1.54) is 6.07 Å². The standard InChI is InChI=1S/C13H13F3N4O/c1-2-21-9-5-3-8(4-6-9)18-11-7-10(17)19-12(20-11)13(14,15)16/h3-7H,2H2,1H3,(H3,17,18,19,20). The van der Waals surface area contributed by atoms with Gasteiger partial charge >= 0.3 is 6.18 Å². The first kappa shape index (κ1) is 14.9. The van der Waals surface area contributed by atoms with Crippen LogP contribution in [-0.4, -0.2) is 16.6 Å². The van der Waals surface area contributed by atoms with Gasteiger partial charge in [0.15, 0.2) is 0 Å². The number of rotatable bonds is 4. The first-order chi connectivity index (χ1) is 9.88. The molecular weight excluding hydrogens is 285 g/mol. The third-order valence-corrected chi connectivity index (χ3v) is 2.44. The minimum Gasteiger partial charge on any atom is -0.494 e. The molecule has 0 fully saturated rings. The molecular formula is C13H13F3N4O. The molecule has 1 aromatic carbocycles. The van der Waals surface area contributed by atoms with Crippen molar-refractivity contribution in [3.63, 3.8) is 0 Å². The van der Waals surface area contributed by atoms with Crippen LogP contribution in [0.4, 0.5) is 30.5 Å². The summed E-state index contributed by atoms with van der Waals surface area (Å²) in [5.74, 6) is -0.901. The summed E-state index contributed by atoms with van der Waals surface area (Å²) in [7, 11) is 0. The van der Waals surface area contributed by atoms with E-state index in [1.807, 2.05) is 6.92 Å². The van der Waals surface area contributed by atoms with Crippen LogP contribution in [0.2, 0.25) is 0 Å². The minimum atomic E-state index is -4.65. The van der Waals surface area contributed by atoms with Crippen molar-refractivity contribution >= 4 is 17.3 Å². The smallest absolute Gasteiger partial charge is 0.451 e. The zero-order valence-corrected chi connectivity index (χ0v) is 11.1. The van der Waals surface area contributed by atoms with Crippen LogP contribution in [0.5, 0.6) is 5.75 Å². The van der Waals surface area contributed by atoms with Crippen LogP contribution >= 0.6 is 0 Å². The van der Waals surface area contributed by atoms with Crippen LogP contribution in [0.15, 0.2) is 30.3 Å². The fourth-order valence-electron chi connectivity index (χ4n) is 1.61. The molecule has 0 unspecified atom stereocenters. The Morgan fingerprint density at radius 2 is 1.86 bits per heavy atom. The molecule has 0 bridgehead atoms. The molecule has 3 N–H and O–H groups in total. The van der Waals surface area contributed by atoms with E-state index in [0.717, 1.165) is 0 Å². The summed E-state index contributed by atoms with van der Waals surface area (Å²) < 4.78 is 43.1. The van der Waals surface area contributed by atoms with Crippen LogP contribution in [0.3, 0.4) is 0 Å². The van der Waals surface area contributed by atoms with E-state index in [0.29, 0.717) is 18.0 Å². The van der Waals surface area contributed by atoms with Gasteiger partial charge in [-0.2, -0.15) is 13.2 Å². The summed E-state index contributed by atoms with van der Waals surface area (Å²) in [6, 6.07) is 7.95. The van der Waals surface area contributed by atoms with E-state index in [-0.39, 0.29) is 11.6 Å².